The molecule has 2 amide bonds. The number of rotatable bonds is 6. The molecule has 0 bridgehead atoms. The average molecular weight is 465 g/mol. The van der Waals surface area contributed by atoms with E-state index >= 15 is 0 Å². The molecular formula is C23H17ClN4O5. The number of carbonyl (C=O) groups excluding carboxylic acids is 3. The van der Waals surface area contributed by atoms with Crippen molar-refractivity contribution in [1.82, 2.24) is 20.6 Å². The average Bonchev–Trinajstić information content (AvgIpc) is 3.51. The first-order valence-electron chi connectivity index (χ1n) is 9.72. The molecule has 0 aliphatic rings. The van der Waals surface area contributed by atoms with E-state index in [1.165, 1.54) is 17.0 Å². The van der Waals surface area contributed by atoms with Crippen LogP contribution in [0.4, 0.5) is 0 Å². The van der Waals surface area contributed by atoms with Crippen LogP contribution in [0.5, 0.6) is 0 Å². The summed E-state index contributed by atoms with van der Waals surface area (Å²) in [7, 11) is 0. The zero-order chi connectivity index (χ0) is 23.2. The fraction of sp³-hybridized carbons (Fsp3) is 0.0435. The molecule has 0 radical (unpaired) electrons. The van der Waals surface area contributed by atoms with E-state index in [-0.39, 0.29) is 5.69 Å². The van der Waals surface area contributed by atoms with Crippen LogP contribution in [0.25, 0.3) is 17.1 Å². The lowest BCUT2D eigenvalue weighted by molar-refractivity contribution is -0.125. The lowest BCUT2D eigenvalue weighted by atomic mass is 10.2. The molecule has 0 aliphatic heterocycles. The minimum absolute atomic E-state index is 0.0394. The molecular weight excluding hydrogens is 448 g/mol. The standard InChI is InChI=1S/C23H17ClN4O5/c24-16-8-4-9-17(12-16)28-19(20-10-5-11-32-20)13-18(27-28)23(31)33-14-21(29)25-26-22(30)15-6-2-1-3-7-15/h1-13H,14H2,(H,25,29)(H,26,30). The van der Waals surface area contributed by atoms with Crippen molar-refractivity contribution in [2.24, 2.45) is 0 Å². The summed E-state index contributed by atoms with van der Waals surface area (Å²) in [6, 6.07) is 20.1. The number of ether oxygens (including phenoxy) is 1. The molecule has 0 aliphatic carbocycles. The third-order valence-corrected chi connectivity index (χ3v) is 4.67. The van der Waals surface area contributed by atoms with Gasteiger partial charge >= 0.3 is 5.97 Å². The van der Waals surface area contributed by atoms with E-state index in [1.54, 1.807) is 66.7 Å². The third kappa shape index (κ3) is 5.28. The Morgan fingerprint density at radius 2 is 1.79 bits per heavy atom. The Morgan fingerprint density at radius 3 is 2.52 bits per heavy atom. The lowest BCUT2D eigenvalue weighted by Gasteiger charge is -2.07. The lowest BCUT2D eigenvalue weighted by Crippen LogP contribution is -2.43. The molecule has 2 heterocycles. The summed E-state index contributed by atoms with van der Waals surface area (Å²) in [5.74, 6) is -1.57. The molecule has 2 N–H and O–H groups in total. The van der Waals surface area contributed by atoms with Gasteiger partial charge in [-0.3, -0.25) is 20.4 Å². The summed E-state index contributed by atoms with van der Waals surface area (Å²) in [5.41, 5.74) is 5.86. The van der Waals surface area contributed by atoms with Crippen LogP contribution in [0.2, 0.25) is 5.02 Å². The van der Waals surface area contributed by atoms with Gasteiger partial charge in [0.2, 0.25) is 0 Å². The van der Waals surface area contributed by atoms with Gasteiger partial charge in [0.25, 0.3) is 11.8 Å². The first kappa shape index (κ1) is 21.8. The number of benzene rings is 2. The van der Waals surface area contributed by atoms with E-state index < -0.39 is 24.4 Å². The van der Waals surface area contributed by atoms with Crippen molar-refractivity contribution < 1.29 is 23.5 Å². The number of hydrogen-bond donors (Lipinski definition) is 2. The normalized spacial score (nSPS) is 10.5. The molecule has 0 atom stereocenters. The highest BCUT2D eigenvalue weighted by atomic mass is 35.5. The van der Waals surface area contributed by atoms with Gasteiger partial charge < -0.3 is 9.15 Å². The minimum atomic E-state index is -0.826. The molecule has 166 valence electrons. The van der Waals surface area contributed by atoms with Gasteiger partial charge in [-0.1, -0.05) is 35.9 Å². The molecule has 0 unspecified atom stereocenters. The predicted molar refractivity (Wildman–Crippen MR) is 119 cm³/mol. The molecule has 0 spiro atoms. The van der Waals surface area contributed by atoms with Gasteiger partial charge in [-0.05, 0) is 42.5 Å². The van der Waals surface area contributed by atoms with Crippen molar-refractivity contribution in [2.45, 2.75) is 0 Å². The smallest absolute Gasteiger partial charge is 0.359 e. The van der Waals surface area contributed by atoms with Gasteiger partial charge in [0, 0.05) is 16.7 Å². The Labute approximate surface area is 192 Å². The van der Waals surface area contributed by atoms with Crippen LogP contribution >= 0.6 is 11.6 Å². The molecule has 33 heavy (non-hydrogen) atoms. The van der Waals surface area contributed by atoms with Gasteiger partial charge in [-0.25, -0.2) is 9.48 Å². The molecule has 10 heteroatoms. The van der Waals surface area contributed by atoms with Crippen LogP contribution < -0.4 is 10.9 Å². The summed E-state index contributed by atoms with van der Waals surface area (Å²) in [6.07, 6.45) is 1.50. The number of hydrazine groups is 1. The summed E-state index contributed by atoms with van der Waals surface area (Å²) < 4.78 is 12.0. The van der Waals surface area contributed by atoms with Crippen LogP contribution in [-0.4, -0.2) is 34.2 Å². The first-order chi connectivity index (χ1) is 16.0. The van der Waals surface area contributed by atoms with Crippen LogP contribution in [-0.2, 0) is 9.53 Å². The second-order valence-electron chi connectivity index (χ2n) is 6.73. The second kappa shape index (κ2) is 9.84. The van der Waals surface area contributed by atoms with Crippen LogP contribution in [0, 0.1) is 0 Å². The summed E-state index contributed by atoms with van der Waals surface area (Å²) >= 11 is 6.09. The second-order valence-corrected chi connectivity index (χ2v) is 7.16. The molecule has 0 fully saturated rings. The van der Waals surface area contributed by atoms with Gasteiger partial charge in [0.05, 0.1) is 12.0 Å². The number of furan rings is 1. The van der Waals surface area contributed by atoms with Gasteiger partial charge in [-0.15, -0.1) is 0 Å². The Morgan fingerprint density at radius 1 is 0.970 bits per heavy atom. The first-order valence-corrected chi connectivity index (χ1v) is 10.1. The quantitative estimate of drug-likeness (QED) is 0.334. The number of esters is 1. The summed E-state index contributed by atoms with van der Waals surface area (Å²) in [6.45, 7) is -0.617. The molecule has 9 nitrogen and oxygen atoms in total. The van der Waals surface area contributed by atoms with E-state index in [0.29, 0.717) is 27.7 Å². The number of hydrogen-bond acceptors (Lipinski definition) is 6. The Hall–Kier alpha value is -4.37. The van der Waals surface area contributed by atoms with Crippen molar-refractivity contribution in [1.29, 1.82) is 0 Å². The molecule has 0 saturated carbocycles. The molecule has 2 aromatic heterocycles. The van der Waals surface area contributed by atoms with Gasteiger partial charge in [-0.2, -0.15) is 5.10 Å². The van der Waals surface area contributed by atoms with Crippen molar-refractivity contribution >= 4 is 29.4 Å². The van der Waals surface area contributed by atoms with E-state index in [2.05, 4.69) is 16.0 Å². The van der Waals surface area contributed by atoms with Crippen LogP contribution in [0.3, 0.4) is 0 Å². The SMILES string of the molecule is O=C(COC(=O)c1cc(-c2ccco2)n(-c2cccc(Cl)c2)n1)NNC(=O)c1ccccc1. The number of aromatic nitrogens is 2. The van der Waals surface area contributed by atoms with E-state index in [1.807, 2.05) is 0 Å². The number of halogens is 1. The Bertz CT molecular complexity index is 1290. The van der Waals surface area contributed by atoms with Crippen LogP contribution in [0.15, 0.2) is 83.5 Å². The molecule has 2 aromatic carbocycles. The van der Waals surface area contributed by atoms with Crippen molar-refractivity contribution in [3.05, 3.63) is 95.3 Å². The van der Waals surface area contributed by atoms with E-state index in [4.69, 9.17) is 20.8 Å². The third-order valence-electron chi connectivity index (χ3n) is 4.43. The fourth-order valence-corrected chi connectivity index (χ4v) is 3.10. The number of carbonyl (C=O) groups is 3. The zero-order valence-corrected chi connectivity index (χ0v) is 17.8. The highest BCUT2D eigenvalue weighted by Crippen LogP contribution is 2.26. The largest absolute Gasteiger partial charge is 0.463 e. The molecule has 4 rings (SSSR count). The maximum Gasteiger partial charge on any atom is 0.359 e. The topological polar surface area (TPSA) is 115 Å². The summed E-state index contributed by atoms with van der Waals surface area (Å²) in [5, 5.41) is 4.78. The monoisotopic (exact) mass is 464 g/mol. The number of amides is 2. The molecule has 4 aromatic rings. The zero-order valence-electron chi connectivity index (χ0n) is 17.0. The van der Waals surface area contributed by atoms with Crippen LogP contribution in [0.1, 0.15) is 20.8 Å². The van der Waals surface area contributed by atoms with Gasteiger partial charge in [0.1, 0.15) is 5.69 Å². The fourth-order valence-electron chi connectivity index (χ4n) is 2.91. The van der Waals surface area contributed by atoms with E-state index in [9.17, 15) is 14.4 Å². The Kier molecular flexibility index (Phi) is 6.51. The highest BCUT2D eigenvalue weighted by molar-refractivity contribution is 6.30. The highest BCUT2D eigenvalue weighted by Gasteiger charge is 2.20. The predicted octanol–water partition coefficient (Wildman–Crippen LogP) is 3.40. The number of nitrogens with zero attached hydrogens (tertiary/aromatic N) is 2. The maximum atomic E-state index is 12.5. The van der Waals surface area contributed by atoms with Crippen molar-refractivity contribution in [2.75, 3.05) is 6.61 Å². The maximum absolute atomic E-state index is 12.5. The number of nitrogens with one attached hydrogen (secondary N) is 2. The Balaban J connectivity index is 1.42. The minimum Gasteiger partial charge on any atom is -0.463 e. The van der Waals surface area contributed by atoms with Gasteiger partial charge in [0.15, 0.2) is 18.1 Å². The molecule has 0 saturated heterocycles. The van der Waals surface area contributed by atoms with E-state index in [0.717, 1.165) is 0 Å². The van der Waals surface area contributed by atoms with Crippen molar-refractivity contribution in [3.8, 4) is 17.1 Å². The summed E-state index contributed by atoms with van der Waals surface area (Å²) in [4.78, 5) is 36.4. The van der Waals surface area contributed by atoms with Crippen molar-refractivity contribution in [3.63, 3.8) is 0 Å².